The highest BCUT2D eigenvalue weighted by atomic mass is 16.5. The molecule has 2 heterocycles. The molecule has 0 spiro atoms. The van der Waals surface area contributed by atoms with Gasteiger partial charge < -0.3 is 15.0 Å². The monoisotopic (exact) mass is 488 g/mol. The molecule has 36 heavy (non-hydrogen) atoms. The summed E-state index contributed by atoms with van der Waals surface area (Å²) in [6.07, 6.45) is 4.28. The number of para-hydroxylation sites is 1. The van der Waals surface area contributed by atoms with E-state index >= 15 is 0 Å². The summed E-state index contributed by atoms with van der Waals surface area (Å²) < 4.78 is 7.11. The Labute approximate surface area is 213 Å². The van der Waals surface area contributed by atoms with Crippen LogP contribution in [0.2, 0.25) is 0 Å². The predicted molar refractivity (Wildman–Crippen MR) is 141 cm³/mol. The van der Waals surface area contributed by atoms with E-state index in [0.29, 0.717) is 44.1 Å². The maximum Gasteiger partial charge on any atom is 0.257 e. The third-order valence-electron chi connectivity index (χ3n) is 6.93. The van der Waals surface area contributed by atoms with E-state index in [9.17, 15) is 9.59 Å². The molecule has 190 valence electrons. The second kappa shape index (κ2) is 12.5. The maximum atomic E-state index is 13.7. The summed E-state index contributed by atoms with van der Waals surface area (Å²) in [6.45, 7) is 7.23. The number of hydrogen-bond acceptors (Lipinski definition) is 4. The van der Waals surface area contributed by atoms with Crippen LogP contribution in [0, 0.1) is 11.8 Å². The van der Waals surface area contributed by atoms with Crippen molar-refractivity contribution in [3.05, 3.63) is 72.4 Å². The molecule has 1 N–H and O–H groups in total. The number of piperidine rings is 1. The van der Waals surface area contributed by atoms with Crippen LogP contribution in [0.4, 0.5) is 0 Å². The second-order valence-electron chi connectivity index (χ2n) is 9.30. The molecule has 2 amide bonds. The topological polar surface area (TPSA) is 76.5 Å². The molecule has 0 aliphatic carbocycles. The van der Waals surface area contributed by atoms with E-state index in [4.69, 9.17) is 9.84 Å². The van der Waals surface area contributed by atoms with Gasteiger partial charge in [-0.2, -0.15) is 5.10 Å². The van der Waals surface area contributed by atoms with Crippen LogP contribution < -0.4 is 5.32 Å². The first kappa shape index (κ1) is 25.6. The van der Waals surface area contributed by atoms with Crippen LogP contribution in [0.25, 0.3) is 16.9 Å². The van der Waals surface area contributed by atoms with Crippen molar-refractivity contribution in [2.24, 2.45) is 11.8 Å². The van der Waals surface area contributed by atoms with Gasteiger partial charge in [0.25, 0.3) is 5.91 Å². The Hall–Kier alpha value is -3.45. The summed E-state index contributed by atoms with van der Waals surface area (Å²) in [7, 11) is 0. The molecule has 0 saturated carbocycles. The van der Waals surface area contributed by atoms with E-state index in [1.165, 1.54) is 0 Å². The van der Waals surface area contributed by atoms with Crippen molar-refractivity contribution < 1.29 is 14.3 Å². The number of amides is 2. The van der Waals surface area contributed by atoms with Crippen LogP contribution in [-0.4, -0.2) is 59.3 Å². The van der Waals surface area contributed by atoms with Crippen LogP contribution in [0.1, 0.15) is 43.5 Å². The number of aromatic nitrogens is 2. The molecule has 3 aromatic rings. The summed E-state index contributed by atoms with van der Waals surface area (Å²) in [4.78, 5) is 28.2. The van der Waals surface area contributed by atoms with Gasteiger partial charge >= 0.3 is 0 Å². The highest BCUT2D eigenvalue weighted by Crippen LogP contribution is 2.29. The minimum absolute atomic E-state index is 0.0116. The fraction of sp³-hybridized carbons (Fsp3) is 0.414. The Morgan fingerprint density at radius 1 is 1.06 bits per heavy atom. The fourth-order valence-electron chi connectivity index (χ4n) is 4.73. The number of ether oxygens (including phenoxy) is 1. The van der Waals surface area contributed by atoms with Crippen LogP contribution in [0.15, 0.2) is 66.9 Å². The van der Waals surface area contributed by atoms with Gasteiger partial charge in [0.2, 0.25) is 5.91 Å². The summed E-state index contributed by atoms with van der Waals surface area (Å²) >= 11 is 0. The number of likely N-dealkylation sites (tertiary alicyclic amines) is 1. The molecule has 4 rings (SSSR count). The first-order chi connectivity index (χ1) is 17.6. The summed E-state index contributed by atoms with van der Waals surface area (Å²) in [5, 5.41) is 7.82. The number of nitrogens with one attached hydrogen (secondary N) is 1. The number of hydrogen-bond donors (Lipinski definition) is 1. The van der Waals surface area contributed by atoms with Crippen molar-refractivity contribution in [1.82, 2.24) is 20.0 Å². The Morgan fingerprint density at radius 2 is 1.72 bits per heavy atom. The largest absolute Gasteiger partial charge is 0.382 e. The van der Waals surface area contributed by atoms with Crippen molar-refractivity contribution in [1.29, 1.82) is 0 Å². The van der Waals surface area contributed by atoms with E-state index in [1.54, 1.807) is 4.68 Å². The maximum absolute atomic E-state index is 13.7. The zero-order valence-corrected chi connectivity index (χ0v) is 21.2. The number of rotatable bonds is 10. The third kappa shape index (κ3) is 6.21. The molecule has 0 radical (unpaired) electrons. The predicted octanol–water partition coefficient (Wildman–Crippen LogP) is 4.57. The Kier molecular flexibility index (Phi) is 8.90. The molecule has 2 aromatic carbocycles. The van der Waals surface area contributed by atoms with Crippen LogP contribution in [0.3, 0.4) is 0 Å². The molecular formula is C29H36N4O3. The normalized spacial score (nSPS) is 15.0. The molecule has 0 unspecified atom stereocenters. The Bertz CT molecular complexity index is 1120. The molecule has 1 fully saturated rings. The molecule has 1 aliphatic heterocycles. The second-order valence-corrected chi connectivity index (χ2v) is 9.30. The lowest BCUT2D eigenvalue weighted by Crippen LogP contribution is -2.43. The van der Waals surface area contributed by atoms with E-state index in [0.717, 1.165) is 30.5 Å². The van der Waals surface area contributed by atoms with E-state index in [2.05, 4.69) is 5.32 Å². The van der Waals surface area contributed by atoms with E-state index in [1.807, 2.05) is 85.6 Å². The zero-order valence-electron chi connectivity index (χ0n) is 21.2. The minimum Gasteiger partial charge on any atom is -0.382 e. The highest BCUT2D eigenvalue weighted by molar-refractivity contribution is 6.00. The quantitative estimate of drug-likeness (QED) is 0.424. The lowest BCUT2D eigenvalue weighted by atomic mass is 9.84. The third-order valence-corrected chi connectivity index (χ3v) is 6.93. The Morgan fingerprint density at radius 3 is 2.39 bits per heavy atom. The SMILES string of the molecule is CCOCCCNC(=O)[C@H](C)C1CCN(C(=O)c2cn(-c3ccccc3)nc2-c2ccccc2)CC1. The van der Waals surface area contributed by atoms with Crippen LogP contribution >= 0.6 is 0 Å². The number of benzene rings is 2. The van der Waals surface area contributed by atoms with Gasteiger partial charge in [-0.25, -0.2) is 4.68 Å². The van der Waals surface area contributed by atoms with Crippen molar-refractivity contribution in [2.45, 2.75) is 33.1 Å². The first-order valence-electron chi connectivity index (χ1n) is 12.9. The van der Waals surface area contributed by atoms with E-state index in [-0.39, 0.29) is 23.7 Å². The molecule has 1 atom stereocenters. The van der Waals surface area contributed by atoms with Crippen molar-refractivity contribution in [3.8, 4) is 16.9 Å². The van der Waals surface area contributed by atoms with Gasteiger partial charge in [-0.15, -0.1) is 0 Å². The van der Waals surface area contributed by atoms with Gasteiger partial charge in [0, 0.05) is 50.5 Å². The fourth-order valence-corrected chi connectivity index (χ4v) is 4.73. The van der Waals surface area contributed by atoms with Crippen molar-refractivity contribution in [2.75, 3.05) is 32.8 Å². The van der Waals surface area contributed by atoms with Crippen LogP contribution in [0.5, 0.6) is 0 Å². The summed E-state index contributed by atoms with van der Waals surface area (Å²) in [5.41, 5.74) is 3.11. The van der Waals surface area contributed by atoms with Crippen molar-refractivity contribution in [3.63, 3.8) is 0 Å². The average molecular weight is 489 g/mol. The lowest BCUT2D eigenvalue weighted by molar-refractivity contribution is -0.126. The van der Waals surface area contributed by atoms with Gasteiger partial charge in [0.1, 0.15) is 5.69 Å². The Balaban J connectivity index is 1.42. The summed E-state index contributed by atoms with van der Waals surface area (Å²) in [5.74, 6) is 0.269. The van der Waals surface area contributed by atoms with E-state index < -0.39 is 0 Å². The van der Waals surface area contributed by atoms with Gasteiger partial charge in [0.05, 0.1) is 11.3 Å². The zero-order chi connectivity index (χ0) is 25.3. The molecule has 7 nitrogen and oxygen atoms in total. The lowest BCUT2D eigenvalue weighted by Gasteiger charge is -2.34. The summed E-state index contributed by atoms with van der Waals surface area (Å²) in [6, 6.07) is 19.7. The van der Waals surface area contributed by atoms with Crippen LogP contribution in [-0.2, 0) is 9.53 Å². The molecule has 1 aromatic heterocycles. The smallest absolute Gasteiger partial charge is 0.257 e. The molecule has 1 aliphatic rings. The van der Waals surface area contributed by atoms with Crippen molar-refractivity contribution >= 4 is 11.8 Å². The highest BCUT2D eigenvalue weighted by Gasteiger charge is 2.31. The first-order valence-corrected chi connectivity index (χ1v) is 12.9. The number of nitrogens with zero attached hydrogens (tertiary/aromatic N) is 3. The molecule has 1 saturated heterocycles. The molecule has 7 heteroatoms. The molecular weight excluding hydrogens is 452 g/mol. The van der Waals surface area contributed by atoms with Gasteiger partial charge in [-0.05, 0) is 44.2 Å². The number of carbonyl (C=O) groups excluding carboxylic acids is 2. The minimum atomic E-state index is -0.0740. The molecule has 0 bridgehead atoms. The van der Waals surface area contributed by atoms with Gasteiger partial charge in [0.15, 0.2) is 0 Å². The standard InChI is InChI=1S/C29H36N4O3/c1-3-36-20-10-17-30-28(34)22(2)23-15-18-32(19-16-23)29(35)26-21-33(25-13-8-5-9-14-25)31-27(26)24-11-6-4-7-12-24/h4-9,11-14,21-23H,3,10,15-20H2,1-2H3,(H,30,34)/t22-/m1/s1. The average Bonchev–Trinajstić information content (AvgIpc) is 3.39. The van der Waals surface area contributed by atoms with Gasteiger partial charge in [-0.3, -0.25) is 9.59 Å². The number of carbonyl (C=O) groups is 2. The van der Waals surface area contributed by atoms with Gasteiger partial charge in [-0.1, -0.05) is 55.5 Å².